The Kier molecular flexibility index (Phi) is 3.78. The van der Waals surface area contributed by atoms with Gasteiger partial charge in [-0.2, -0.15) is 0 Å². The second-order valence-corrected chi connectivity index (χ2v) is 5.70. The number of nitrogens with zero attached hydrogens (tertiary/aromatic N) is 3. The minimum atomic E-state index is 0.420. The average Bonchev–Trinajstić information content (AvgIpc) is 2.47. The molecule has 2 heterocycles. The highest BCUT2D eigenvalue weighted by molar-refractivity contribution is 5.67. The second-order valence-electron chi connectivity index (χ2n) is 5.70. The molecule has 0 amide bonds. The molecule has 1 aromatic carbocycles. The van der Waals surface area contributed by atoms with E-state index in [0.717, 1.165) is 37.3 Å². The Balaban J connectivity index is 2.07. The van der Waals surface area contributed by atoms with Crippen molar-refractivity contribution < 1.29 is 0 Å². The van der Waals surface area contributed by atoms with E-state index in [4.69, 9.17) is 10.7 Å². The molecule has 1 aromatic heterocycles. The maximum Gasteiger partial charge on any atom is 0.139 e. The van der Waals surface area contributed by atoms with Crippen LogP contribution in [0.2, 0.25) is 0 Å². The van der Waals surface area contributed by atoms with Crippen LogP contribution in [-0.4, -0.2) is 16.0 Å². The van der Waals surface area contributed by atoms with Crippen LogP contribution in [0.25, 0.3) is 0 Å². The summed E-state index contributed by atoms with van der Waals surface area (Å²) in [6, 6.07) is 10.9. The molecule has 4 heteroatoms. The molecule has 2 N–H and O–H groups in total. The van der Waals surface area contributed by atoms with Gasteiger partial charge in [-0.1, -0.05) is 25.1 Å². The van der Waals surface area contributed by atoms with E-state index in [2.05, 4.69) is 48.0 Å². The van der Waals surface area contributed by atoms with Crippen molar-refractivity contribution in [2.75, 3.05) is 10.6 Å². The molecule has 0 fully saturated rings. The van der Waals surface area contributed by atoms with Crippen LogP contribution in [0.1, 0.15) is 38.1 Å². The van der Waals surface area contributed by atoms with Crippen molar-refractivity contribution in [3.63, 3.8) is 0 Å². The molecule has 21 heavy (non-hydrogen) atoms. The van der Waals surface area contributed by atoms with Crippen molar-refractivity contribution in [1.29, 1.82) is 0 Å². The van der Waals surface area contributed by atoms with Crippen LogP contribution in [0, 0.1) is 0 Å². The number of benzene rings is 1. The number of aromatic nitrogens is 2. The molecule has 0 radical (unpaired) electrons. The Morgan fingerprint density at radius 2 is 2.10 bits per heavy atom. The Morgan fingerprint density at radius 3 is 2.90 bits per heavy atom. The standard InChI is InChI=1S/C17H22N4/c1-3-6-16-19-15(18)11-17(20-16)21-12(2)9-10-13-7-4-5-8-14(13)21/h4-5,7-8,11-12H,3,6,9-10H2,1-2H3,(H2,18,19,20). The average molecular weight is 282 g/mol. The number of rotatable bonds is 3. The summed E-state index contributed by atoms with van der Waals surface area (Å²) in [7, 11) is 0. The zero-order valence-corrected chi connectivity index (χ0v) is 12.7. The molecule has 1 aliphatic heterocycles. The first-order valence-corrected chi connectivity index (χ1v) is 7.69. The number of fused-ring (bicyclic) bond motifs is 1. The van der Waals surface area contributed by atoms with E-state index in [9.17, 15) is 0 Å². The van der Waals surface area contributed by atoms with Gasteiger partial charge >= 0.3 is 0 Å². The van der Waals surface area contributed by atoms with Crippen LogP contribution in [0.5, 0.6) is 0 Å². The fourth-order valence-electron chi connectivity index (χ4n) is 3.00. The lowest BCUT2D eigenvalue weighted by molar-refractivity contribution is 0.611. The van der Waals surface area contributed by atoms with E-state index in [1.54, 1.807) is 0 Å². The first kappa shape index (κ1) is 13.9. The Morgan fingerprint density at radius 1 is 1.29 bits per heavy atom. The molecule has 4 nitrogen and oxygen atoms in total. The predicted molar refractivity (Wildman–Crippen MR) is 86.8 cm³/mol. The molecule has 0 saturated heterocycles. The largest absolute Gasteiger partial charge is 0.384 e. The van der Waals surface area contributed by atoms with Crippen LogP contribution in [0.15, 0.2) is 30.3 Å². The molecule has 0 saturated carbocycles. The topological polar surface area (TPSA) is 55.0 Å². The molecule has 0 bridgehead atoms. The fraction of sp³-hybridized carbons (Fsp3) is 0.412. The van der Waals surface area contributed by atoms with Gasteiger partial charge in [0.25, 0.3) is 0 Å². The summed E-state index contributed by atoms with van der Waals surface area (Å²) in [5.41, 5.74) is 8.61. The van der Waals surface area contributed by atoms with Crippen LogP contribution in [0.4, 0.5) is 17.3 Å². The number of nitrogen functional groups attached to an aromatic ring is 1. The fourth-order valence-corrected chi connectivity index (χ4v) is 3.00. The van der Waals surface area contributed by atoms with Gasteiger partial charge < -0.3 is 10.6 Å². The molecule has 1 aliphatic rings. The summed E-state index contributed by atoms with van der Waals surface area (Å²) >= 11 is 0. The van der Waals surface area contributed by atoms with Crippen LogP contribution in [-0.2, 0) is 12.8 Å². The van der Waals surface area contributed by atoms with Crippen molar-refractivity contribution in [2.45, 2.75) is 45.6 Å². The second kappa shape index (κ2) is 5.72. The van der Waals surface area contributed by atoms with Gasteiger partial charge in [-0.15, -0.1) is 0 Å². The molecule has 1 unspecified atom stereocenters. The van der Waals surface area contributed by atoms with E-state index in [-0.39, 0.29) is 0 Å². The monoisotopic (exact) mass is 282 g/mol. The van der Waals surface area contributed by atoms with Gasteiger partial charge in [0.2, 0.25) is 0 Å². The number of hydrogen-bond acceptors (Lipinski definition) is 4. The predicted octanol–water partition coefficient (Wildman–Crippen LogP) is 3.48. The lowest BCUT2D eigenvalue weighted by Gasteiger charge is -2.36. The smallest absolute Gasteiger partial charge is 0.139 e. The van der Waals surface area contributed by atoms with Gasteiger partial charge in [0, 0.05) is 24.2 Å². The maximum atomic E-state index is 5.98. The highest BCUT2D eigenvalue weighted by atomic mass is 15.2. The van der Waals surface area contributed by atoms with Crippen molar-refractivity contribution in [1.82, 2.24) is 9.97 Å². The molecule has 1 atom stereocenters. The summed E-state index contributed by atoms with van der Waals surface area (Å²) in [4.78, 5) is 11.4. The van der Waals surface area contributed by atoms with Crippen LogP contribution in [0.3, 0.4) is 0 Å². The normalized spacial score (nSPS) is 17.6. The number of nitrogens with two attached hydrogens (primary N) is 1. The molecule has 110 valence electrons. The summed E-state index contributed by atoms with van der Waals surface area (Å²) in [6.07, 6.45) is 4.14. The van der Waals surface area contributed by atoms with Crippen molar-refractivity contribution in [3.05, 3.63) is 41.7 Å². The molecule has 0 aliphatic carbocycles. The van der Waals surface area contributed by atoms with Gasteiger partial charge in [0.05, 0.1) is 0 Å². The van der Waals surface area contributed by atoms with Gasteiger partial charge in [0.1, 0.15) is 17.5 Å². The van der Waals surface area contributed by atoms with Crippen molar-refractivity contribution >= 4 is 17.3 Å². The quantitative estimate of drug-likeness (QED) is 0.936. The Bertz CT molecular complexity index is 638. The van der Waals surface area contributed by atoms with Gasteiger partial charge in [-0.25, -0.2) is 9.97 Å². The van der Waals surface area contributed by atoms with Gasteiger partial charge in [-0.3, -0.25) is 0 Å². The molecule has 2 aromatic rings. The number of hydrogen-bond donors (Lipinski definition) is 1. The van der Waals surface area contributed by atoms with Gasteiger partial charge in [-0.05, 0) is 37.8 Å². The summed E-state index contributed by atoms with van der Waals surface area (Å²) < 4.78 is 0. The number of aryl methyl sites for hydroxylation is 2. The third-order valence-corrected chi connectivity index (χ3v) is 4.02. The molecule has 0 spiro atoms. The number of anilines is 3. The summed E-state index contributed by atoms with van der Waals surface area (Å²) in [5, 5.41) is 0. The highest BCUT2D eigenvalue weighted by Gasteiger charge is 2.25. The number of para-hydroxylation sites is 1. The lowest BCUT2D eigenvalue weighted by atomic mass is 9.96. The first-order chi connectivity index (χ1) is 10.2. The third-order valence-electron chi connectivity index (χ3n) is 4.02. The molecular weight excluding hydrogens is 260 g/mol. The van der Waals surface area contributed by atoms with Crippen molar-refractivity contribution in [2.24, 2.45) is 0 Å². The van der Waals surface area contributed by atoms with Gasteiger partial charge in [0.15, 0.2) is 0 Å². The molecule has 3 rings (SSSR count). The highest BCUT2D eigenvalue weighted by Crippen LogP contribution is 2.36. The van der Waals surface area contributed by atoms with E-state index in [1.807, 2.05) is 6.07 Å². The van der Waals surface area contributed by atoms with Crippen LogP contribution < -0.4 is 10.6 Å². The lowest BCUT2D eigenvalue weighted by Crippen LogP contribution is -2.34. The van der Waals surface area contributed by atoms with Crippen LogP contribution >= 0.6 is 0 Å². The SMILES string of the molecule is CCCc1nc(N)cc(N2c3ccccc3CCC2C)n1. The Labute approximate surface area is 126 Å². The van der Waals surface area contributed by atoms with Crippen molar-refractivity contribution in [3.8, 4) is 0 Å². The summed E-state index contributed by atoms with van der Waals surface area (Å²) in [5.74, 6) is 2.31. The maximum absolute atomic E-state index is 5.98. The zero-order valence-electron chi connectivity index (χ0n) is 12.7. The molecular formula is C17H22N4. The minimum Gasteiger partial charge on any atom is -0.384 e. The van der Waals surface area contributed by atoms with E-state index < -0.39 is 0 Å². The zero-order chi connectivity index (χ0) is 14.8. The van der Waals surface area contributed by atoms with E-state index in [1.165, 1.54) is 11.3 Å². The van der Waals surface area contributed by atoms with E-state index in [0.29, 0.717) is 11.9 Å². The minimum absolute atomic E-state index is 0.420. The Hall–Kier alpha value is -2.10. The third kappa shape index (κ3) is 2.71. The summed E-state index contributed by atoms with van der Waals surface area (Å²) in [6.45, 7) is 4.37. The first-order valence-electron chi connectivity index (χ1n) is 7.69. The van der Waals surface area contributed by atoms with E-state index >= 15 is 0 Å².